The maximum atomic E-state index is 12.4. The average Bonchev–Trinajstić information content (AvgIpc) is 2.74. The van der Waals surface area contributed by atoms with E-state index in [0.717, 1.165) is 45.3 Å². The molecule has 0 bridgehead atoms. The third-order valence-electron chi connectivity index (χ3n) is 3.80. The van der Waals surface area contributed by atoms with Crippen LogP contribution in [-0.2, 0) is 9.59 Å². The molecule has 1 rings (SSSR count). The van der Waals surface area contributed by atoms with Gasteiger partial charge in [-0.15, -0.1) is 0 Å². The number of carbonyl (C=O) groups excluding carboxylic acids is 2. The van der Waals surface area contributed by atoms with Crippen LogP contribution >= 0.6 is 0 Å². The Bertz CT molecular complexity index is 313. The largest absolute Gasteiger partial charge is 0.355 e. The van der Waals surface area contributed by atoms with Crippen molar-refractivity contribution in [2.75, 3.05) is 39.3 Å². The number of nitrogens with one attached hydrogen (secondary N) is 1. The minimum atomic E-state index is 0.0222. The van der Waals surface area contributed by atoms with Crippen LogP contribution in [0.2, 0.25) is 0 Å². The zero-order chi connectivity index (χ0) is 15.5. The molecule has 1 heterocycles. The smallest absolute Gasteiger partial charge is 0.236 e. The second-order valence-electron chi connectivity index (χ2n) is 5.86. The van der Waals surface area contributed by atoms with Crippen LogP contribution in [-0.4, -0.2) is 60.9 Å². The van der Waals surface area contributed by atoms with Crippen molar-refractivity contribution in [1.82, 2.24) is 15.1 Å². The standard InChI is InChI=1S/C16H31N3O2/c1-3-9-17-15(20)13-18(10-4-2)14-16(21)19-11-7-5-6-8-12-19/h3-14H2,1-2H3,(H,17,20). The highest BCUT2D eigenvalue weighted by atomic mass is 16.2. The SMILES string of the molecule is CCCNC(=O)CN(CCC)CC(=O)N1CCCCCC1. The van der Waals surface area contributed by atoms with Gasteiger partial charge in [-0.3, -0.25) is 14.5 Å². The van der Waals surface area contributed by atoms with E-state index in [-0.39, 0.29) is 11.8 Å². The molecule has 1 saturated heterocycles. The summed E-state index contributed by atoms with van der Waals surface area (Å²) in [5, 5.41) is 2.88. The van der Waals surface area contributed by atoms with Crippen molar-refractivity contribution in [3.05, 3.63) is 0 Å². The monoisotopic (exact) mass is 297 g/mol. The van der Waals surface area contributed by atoms with Crippen molar-refractivity contribution in [1.29, 1.82) is 0 Å². The van der Waals surface area contributed by atoms with Crippen LogP contribution in [0.25, 0.3) is 0 Å². The number of amides is 2. The van der Waals surface area contributed by atoms with Crippen molar-refractivity contribution in [3.63, 3.8) is 0 Å². The molecule has 1 fully saturated rings. The molecule has 1 N–H and O–H groups in total. The summed E-state index contributed by atoms with van der Waals surface area (Å²) < 4.78 is 0. The maximum Gasteiger partial charge on any atom is 0.236 e. The van der Waals surface area contributed by atoms with Gasteiger partial charge < -0.3 is 10.2 Å². The number of rotatable bonds is 8. The van der Waals surface area contributed by atoms with Crippen molar-refractivity contribution in [2.24, 2.45) is 0 Å². The molecule has 5 heteroatoms. The van der Waals surface area contributed by atoms with Crippen LogP contribution in [0.5, 0.6) is 0 Å². The van der Waals surface area contributed by atoms with Gasteiger partial charge in [-0.25, -0.2) is 0 Å². The Morgan fingerprint density at radius 3 is 2.24 bits per heavy atom. The lowest BCUT2D eigenvalue weighted by Crippen LogP contribution is -2.45. The van der Waals surface area contributed by atoms with E-state index in [1.165, 1.54) is 12.8 Å². The predicted octanol–water partition coefficient (Wildman–Crippen LogP) is 1.63. The quantitative estimate of drug-likeness (QED) is 0.741. The third kappa shape index (κ3) is 7.46. The van der Waals surface area contributed by atoms with E-state index in [4.69, 9.17) is 0 Å². The fourth-order valence-corrected chi connectivity index (χ4v) is 2.67. The Balaban J connectivity index is 2.43. The van der Waals surface area contributed by atoms with Crippen molar-refractivity contribution < 1.29 is 9.59 Å². The van der Waals surface area contributed by atoms with E-state index in [1.807, 2.05) is 16.7 Å². The Hall–Kier alpha value is -1.10. The molecule has 122 valence electrons. The van der Waals surface area contributed by atoms with Gasteiger partial charge in [0.2, 0.25) is 11.8 Å². The van der Waals surface area contributed by atoms with Gasteiger partial charge in [0.15, 0.2) is 0 Å². The average molecular weight is 297 g/mol. The molecule has 0 aromatic carbocycles. The number of hydrogen-bond donors (Lipinski definition) is 1. The molecular formula is C16H31N3O2. The van der Waals surface area contributed by atoms with E-state index in [1.54, 1.807) is 0 Å². The van der Waals surface area contributed by atoms with Crippen LogP contribution in [0.1, 0.15) is 52.4 Å². The second kappa shape index (κ2) is 10.6. The summed E-state index contributed by atoms with van der Waals surface area (Å²) in [6, 6.07) is 0. The van der Waals surface area contributed by atoms with Crippen molar-refractivity contribution in [3.8, 4) is 0 Å². The molecule has 5 nitrogen and oxygen atoms in total. The lowest BCUT2D eigenvalue weighted by atomic mass is 10.2. The summed E-state index contributed by atoms with van der Waals surface area (Å²) in [6.45, 7) is 8.06. The number of nitrogens with zero attached hydrogens (tertiary/aromatic N) is 2. The number of hydrogen-bond acceptors (Lipinski definition) is 3. The summed E-state index contributed by atoms with van der Waals surface area (Å²) in [7, 11) is 0. The molecule has 0 aromatic rings. The van der Waals surface area contributed by atoms with Gasteiger partial charge in [0.05, 0.1) is 13.1 Å². The molecule has 0 atom stereocenters. The zero-order valence-electron chi connectivity index (χ0n) is 13.7. The summed E-state index contributed by atoms with van der Waals surface area (Å²) in [5.74, 6) is 0.197. The lowest BCUT2D eigenvalue weighted by molar-refractivity contribution is -0.133. The first-order valence-corrected chi connectivity index (χ1v) is 8.44. The highest BCUT2D eigenvalue weighted by molar-refractivity contribution is 5.81. The Morgan fingerprint density at radius 2 is 1.67 bits per heavy atom. The van der Waals surface area contributed by atoms with E-state index in [2.05, 4.69) is 12.2 Å². The van der Waals surface area contributed by atoms with Gasteiger partial charge in [0.1, 0.15) is 0 Å². The lowest BCUT2D eigenvalue weighted by Gasteiger charge is -2.26. The van der Waals surface area contributed by atoms with Crippen LogP contribution < -0.4 is 5.32 Å². The van der Waals surface area contributed by atoms with Crippen LogP contribution in [0.4, 0.5) is 0 Å². The Labute approximate surface area is 129 Å². The molecule has 0 saturated carbocycles. The minimum Gasteiger partial charge on any atom is -0.355 e. The first kappa shape index (κ1) is 18.0. The molecule has 0 unspecified atom stereocenters. The first-order valence-electron chi connectivity index (χ1n) is 8.44. The van der Waals surface area contributed by atoms with Gasteiger partial charge in [-0.1, -0.05) is 26.7 Å². The van der Waals surface area contributed by atoms with E-state index < -0.39 is 0 Å². The molecule has 1 aliphatic heterocycles. The summed E-state index contributed by atoms with van der Waals surface area (Å²) in [6.07, 6.45) is 6.55. The second-order valence-corrected chi connectivity index (χ2v) is 5.86. The Morgan fingerprint density at radius 1 is 1.00 bits per heavy atom. The van der Waals surface area contributed by atoms with Crippen LogP contribution in [0, 0.1) is 0 Å². The van der Waals surface area contributed by atoms with Gasteiger partial charge in [0.25, 0.3) is 0 Å². The molecule has 21 heavy (non-hydrogen) atoms. The summed E-state index contributed by atoms with van der Waals surface area (Å²) in [5.41, 5.74) is 0. The molecule has 2 amide bonds. The van der Waals surface area contributed by atoms with Crippen LogP contribution in [0.15, 0.2) is 0 Å². The predicted molar refractivity (Wildman–Crippen MR) is 85.1 cm³/mol. The number of carbonyl (C=O) groups is 2. The summed E-state index contributed by atoms with van der Waals surface area (Å²) in [4.78, 5) is 28.1. The molecule has 0 spiro atoms. The molecule has 0 aromatic heterocycles. The van der Waals surface area contributed by atoms with Gasteiger partial charge in [0, 0.05) is 19.6 Å². The highest BCUT2D eigenvalue weighted by Crippen LogP contribution is 2.10. The fourth-order valence-electron chi connectivity index (χ4n) is 2.67. The van der Waals surface area contributed by atoms with Crippen LogP contribution in [0.3, 0.4) is 0 Å². The topological polar surface area (TPSA) is 52.7 Å². The third-order valence-corrected chi connectivity index (χ3v) is 3.80. The minimum absolute atomic E-state index is 0.0222. The molecule has 0 radical (unpaired) electrons. The highest BCUT2D eigenvalue weighted by Gasteiger charge is 2.19. The number of likely N-dealkylation sites (tertiary alicyclic amines) is 1. The van der Waals surface area contributed by atoms with E-state index in [0.29, 0.717) is 19.6 Å². The van der Waals surface area contributed by atoms with Gasteiger partial charge in [-0.2, -0.15) is 0 Å². The molecule has 0 aliphatic carbocycles. The van der Waals surface area contributed by atoms with E-state index >= 15 is 0 Å². The van der Waals surface area contributed by atoms with Crippen molar-refractivity contribution >= 4 is 11.8 Å². The fraction of sp³-hybridized carbons (Fsp3) is 0.875. The first-order chi connectivity index (χ1) is 10.2. The van der Waals surface area contributed by atoms with Crippen molar-refractivity contribution in [2.45, 2.75) is 52.4 Å². The van der Waals surface area contributed by atoms with E-state index in [9.17, 15) is 9.59 Å². The normalized spacial score (nSPS) is 15.9. The molecular weight excluding hydrogens is 266 g/mol. The van der Waals surface area contributed by atoms with Gasteiger partial charge in [-0.05, 0) is 32.2 Å². The molecule has 1 aliphatic rings. The summed E-state index contributed by atoms with van der Waals surface area (Å²) >= 11 is 0. The maximum absolute atomic E-state index is 12.4. The Kier molecular flexibility index (Phi) is 9.06. The zero-order valence-corrected chi connectivity index (χ0v) is 13.7. The van der Waals surface area contributed by atoms with Gasteiger partial charge >= 0.3 is 0 Å².